The number of hydrogen-bond acceptors (Lipinski definition) is 3. The molecule has 0 aliphatic heterocycles. The van der Waals surface area contributed by atoms with Gasteiger partial charge in [-0.25, -0.2) is 0 Å². The maximum atomic E-state index is 11.4. The Morgan fingerprint density at radius 3 is 2.36 bits per heavy atom. The fraction of sp³-hybridized carbons (Fsp3) is 0.800. The van der Waals surface area contributed by atoms with Crippen LogP contribution in [0.4, 0.5) is 0 Å². The zero-order chi connectivity index (χ0) is 11.1. The number of nitrogens with one attached hydrogen (secondary N) is 2. The molecule has 2 N–H and O–H groups in total. The van der Waals surface area contributed by atoms with Crippen molar-refractivity contribution in [2.24, 2.45) is 0 Å². The Hall–Kier alpha value is -1.08. The summed E-state index contributed by atoms with van der Waals surface area (Å²) in [6.07, 6.45) is 0.416. The average molecular weight is 197 g/mol. The third kappa shape index (κ3) is 5.55. The van der Waals surface area contributed by atoms with Crippen molar-refractivity contribution in [1.29, 1.82) is 5.26 Å². The fourth-order valence-corrected chi connectivity index (χ4v) is 1.11. The third-order valence-electron chi connectivity index (χ3n) is 1.76. The smallest absolute Gasteiger partial charge is 0.237 e. The maximum Gasteiger partial charge on any atom is 0.237 e. The first-order valence-corrected chi connectivity index (χ1v) is 4.90. The summed E-state index contributed by atoms with van der Waals surface area (Å²) in [5.41, 5.74) is 0. The molecule has 4 heteroatoms. The van der Waals surface area contributed by atoms with E-state index in [1.165, 1.54) is 0 Å². The van der Waals surface area contributed by atoms with E-state index in [0.717, 1.165) is 0 Å². The van der Waals surface area contributed by atoms with Crippen LogP contribution in [-0.2, 0) is 4.79 Å². The van der Waals surface area contributed by atoms with Crippen molar-refractivity contribution in [3.63, 3.8) is 0 Å². The highest BCUT2D eigenvalue weighted by Gasteiger charge is 2.15. The standard InChI is InChI=1S/C10H19N3O/c1-7(2)12-10(14)9(4)13-8(3)5-6-11/h7-9,13H,5H2,1-4H3,(H,12,14). The van der Waals surface area contributed by atoms with E-state index in [-0.39, 0.29) is 24.0 Å². The topological polar surface area (TPSA) is 64.9 Å². The van der Waals surface area contributed by atoms with E-state index in [0.29, 0.717) is 6.42 Å². The normalized spacial score (nSPS) is 14.6. The van der Waals surface area contributed by atoms with Crippen LogP contribution in [0.2, 0.25) is 0 Å². The van der Waals surface area contributed by atoms with E-state index in [1.54, 1.807) is 6.92 Å². The zero-order valence-electron chi connectivity index (χ0n) is 9.29. The lowest BCUT2D eigenvalue weighted by Gasteiger charge is -2.18. The number of rotatable bonds is 5. The molecule has 0 aromatic rings. The van der Waals surface area contributed by atoms with Gasteiger partial charge in [0.25, 0.3) is 0 Å². The Bertz CT molecular complexity index is 220. The van der Waals surface area contributed by atoms with Gasteiger partial charge in [-0.2, -0.15) is 5.26 Å². The molecule has 0 heterocycles. The van der Waals surface area contributed by atoms with Crippen LogP contribution in [0.3, 0.4) is 0 Å². The highest BCUT2D eigenvalue weighted by Crippen LogP contribution is 1.92. The minimum atomic E-state index is -0.249. The van der Waals surface area contributed by atoms with Gasteiger partial charge in [-0.3, -0.25) is 4.79 Å². The van der Waals surface area contributed by atoms with E-state index in [2.05, 4.69) is 16.7 Å². The van der Waals surface area contributed by atoms with Crippen LogP contribution in [0.1, 0.15) is 34.1 Å². The molecule has 0 rings (SSSR count). The second-order valence-electron chi connectivity index (χ2n) is 3.81. The number of carbonyl (C=O) groups excluding carboxylic acids is 1. The molecule has 2 unspecified atom stereocenters. The van der Waals surface area contributed by atoms with Gasteiger partial charge in [-0.15, -0.1) is 0 Å². The largest absolute Gasteiger partial charge is 0.353 e. The summed E-state index contributed by atoms with van der Waals surface area (Å²) in [5, 5.41) is 14.3. The molecule has 0 saturated heterocycles. The summed E-state index contributed by atoms with van der Waals surface area (Å²) in [6.45, 7) is 7.53. The molecular weight excluding hydrogens is 178 g/mol. The molecule has 0 aliphatic carbocycles. The van der Waals surface area contributed by atoms with Crippen molar-refractivity contribution in [2.45, 2.75) is 52.2 Å². The lowest BCUT2D eigenvalue weighted by atomic mass is 10.2. The van der Waals surface area contributed by atoms with Crippen LogP contribution in [0.5, 0.6) is 0 Å². The fourth-order valence-electron chi connectivity index (χ4n) is 1.11. The highest BCUT2D eigenvalue weighted by atomic mass is 16.2. The summed E-state index contributed by atoms with van der Waals surface area (Å²) in [5.74, 6) is -0.0233. The Kier molecular flexibility index (Phi) is 5.89. The van der Waals surface area contributed by atoms with Crippen LogP contribution in [0, 0.1) is 11.3 Å². The van der Waals surface area contributed by atoms with Crippen molar-refractivity contribution in [3.8, 4) is 6.07 Å². The minimum Gasteiger partial charge on any atom is -0.353 e. The van der Waals surface area contributed by atoms with Gasteiger partial charge in [0, 0.05) is 12.1 Å². The second kappa shape index (κ2) is 6.39. The maximum absolute atomic E-state index is 11.4. The number of nitriles is 1. The summed E-state index contributed by atoms with van der Waals surface area (Å²) in [6, 6.07) is 2.01. The lowest BCUT2D eigenvalue weighted by Crippen LogP contribution is -2.47. The number of hydrogen-bond donors (Lipinski definition) is 2. The van der Waals surface area contributed by atoms with Gasteiger partial charge in [0.2, 0.25) is 5.91 Å². The van der Waals surface area contributed by atoms with Crippen LogP contribution in [0.25, 0.3) is 0 Å². The van der Waals surface area contributed by atoms with E-state index < -0.39 is 0 Å². The predicted molar refractivity (Wildman–Crippen MR) is 55.6 cm³/mol. The van der Waals surface area contributed by atoms with E-state index in [4.69, 9.17) is 5.26 Å². The van der Waals surface area contributed by atoms with Crippen LogP contribution < -0.4 is 10.6 Å². The Balaban J connectivity index is 3.89. The number of nitrogens with zero attached hydrogens (tertiary/aromatic N) is 1. The van der Waals surface area contributed by atoms with Gasteiger partial charge < -0.3 is 10.6 Å². The van der Waals surface area contributed by atoms with Crippen molar-refractivity contribution >= 4 is 5.91 Å². The molecule has 0 aliphatic rings. The van der Waals surface area contributed by atoms with Gasteiger partial charge in [-0.05, 0) is 27.7 Å². The zero-order valence-corrected chi connectivity index (χ0v) is 9.29. The first-order valence-electron chi connectivity index (χ1n) is 4.90. The molecule has 0 aromatic heterocycles. The van der Waals surface area contributed by atoms with Crippen molar-refractivity contribution in [3.05, 3.63) is 0 Å². The quantitative estimate of drug-likeness (QED) is 0.685. The molecule has 0 fully saturated rings. The number of carbonyl (C=O) groups is 1. The second-order valence-corrected chi connectivity index (χ2v) is 3.81. The first kappa shape index (κ1) is 12.9. The van der Waals surface area contributed by atoms with Crippen LogP contribution in [-0.4, -0.2) is 24.0 Å². The summed E-state index contributed by atoms with van der Waals surface area (Å²) < 4.78 is 0. The molecule has 4 nitrogen and oxygen atoms in total. The molecule has 2 atom stereocenters. The molecule has 0 radical (unpaired) electrons. The minimum absolute atomic E-state index is 0.0233. The van der Waals surface area contributed by atoms with Gasteiger partial charge in [-0.1, -0.05) is 0 Å². The SMILES string of the molecule is CC(C)NC(=O)C(C)NC(C)CC#N. The monoisotopic (exact) mass is 197 g/mol. The Morgan fingerprint density at radius 1 is 1.36 bits per heavy atom. The van der Waals surface area contributed by atoms with Crippen molar-refractivity contribution < 1.29 is 4.79 Å². The van der Waals surface area contributed by atoms with Gasteiger partial charge in [0.1, 0.15) is 0 Å². The van der Waals surface area contributed by atoms with Gasteiger partial charge in [0.15, 0.2) is 0 Å². The van der Waals surface area contributed by atoms with Crippen LogP contribution >= 0.6 is 0 Å². The molecule has 80 valence electrons. The predicted octanol–water partition coefficient (Wildman–Crippen LogP) is 0.791. The van der Waals surface area contributed by atoms with E-state index in [9.17, 15) is 4.79 Å². The summed E-state index contributed by atoms with van der Waals surface area (Å²) in [7, 11) is 0. The summed E-state index contributed by atoms with van der Waals surface area (Å²) in [4.78, 5) is 11.4. The molecule has 0 spiro atoms. The third-order valence-corrected chi connectivity index (χ3v) is 1.76. The van der Waals surface area contributed by atoms with E-state index >= 15 is 0 Å². The first-order chi connectivity index (χ1) is 6.47. The van der Waals surface area contributed by atoms with Gasteiger partial charge in [0.05, 0.1) is 18.5 Å². The van der Waals surface area contributed by atoms with Crippen molar-refractivity contribution in [1.82, 2.24) is 10.6 Å². The van der Waals surface area contributed by atoms with Crippen LogP contribution in [0.15, 0.2) is 0 Å². The van der Waals surface area contributed by atoms with E-state index in [1.807, 2.05) is 20.8 Å². The molecular formula is C10H19N3O. The molecule has 0 aromatic carbocycles. The Morgan fingerprint density at radius 2 is 1.93 bits per heavy atom. The average Bonchev–Trinajstić information content (AvgIpc) is 2.02. The number of amides is 1. The molecule has 0 bridgehead atoms. The summed E-state index contributed by atoms with van der Waals surface area (Å²) >= 11 is 0. The Labute approximate surface area is 85.7 Å². The molecule has 14 heavy (non-hydrogen) atoms. The van der Waals surface area contributed by atoms with Gasteiger partial charge >= 0.3 is 0 Å². The molecule has 1 amide bonds. The lowest BCUT2D eigenvalue weighted by molar-refractivity contribution is -0.123. The molecule has 0 saturated carbocycles. The highest BCUT2D eigenvalue weighted by molar-refractivity contribution is 5.81. The van der Waals surface area contributed by atoms with Crippen molar-refractivity contribution in [2.75, 3.05) is 0 Å².